The zero-order valence-electron chi connectivity index (χ0n) is 15.4. The summed E-state index contributed by atoms with van der Waals surface area (Å²) >= 11 is 2.84. The van der Waals surface area contributed by atoms with Crippen LogP contribution in [0.2, 0.25) is 0 Å². The second-order valence-electron chi connectivity index (χ2n) is 6.19. The number of hydrogen-bond donors (Lipinski definition) is 2. The van der Waals surface area contributed by atoms with E-state index < -0.39 is 0 Å². The van der Waals surface area contributed by atoms with E-state index in [9.17, 15) is 14.4 Å². The van der Waals surface area contributed by atoms with Crippen LogP contribution < -0.4 is 10.9 Å². The third kappa shape index (κ3) is 5.39. The number of esters is 1. The van der Waals surface area contributed by atoms with Crippen molar-refractivity contribution in [2.24, 2.45) is 0 Å². The minimum Gasteiger partial charge on any atom is -0.462 e. The molecule has 2 aromatic rings. The van der Waals surface area contributed by atoms with Crippen molar-refractivity contribution in [3.8, 4) is 0 Å². The number of rotatable bonds is 8. The lowest BCUT2D eigenvalue weighted by Crippen LogP contribution is -2.17. The number of nitrogens with zero attached hydrogens (tertiary/aromatic N) is 1. The Bertz CT molecular complexity index is 912. The molecule has 1 amide bonds. The summed E-state index contributed by atoms with van der Waals surface area (Å²) in [4.78, 5) is 43.1. The molecule has 0 bridgehead atoms. The quantitative estimate of drug-likeness (QED) is 0.293. The summed E-state index contributed by atoms with van der Waals surface area (Å²) in [6, 6.07) is 6.56. The van der Waals surface area contributed by atoms with Crippen molar-refractivity contribution >= 4 is 41.1 Å². The van der Waals surface area contributed by atoms with Crippen LogP contribution in [0.15, 0.2) is 34.2 Å². The number of thioether (sulfide) groups is 2. The number of unbranched alkanes of at least 4 members (excludes halogenated alkanes) is 1. The number of amides is 1. The molecule has 2 heterocycles. The van der Waals surface area contributed by atoms with Crippen molar-refractivity contribution in [1.29, 1.82) is 0 Å². The van der Waals surface area contributed by atoms with Gasteiger partial charge in [-0.1, -0.05) is 25.1 Å². The standard InChI is InChI=1S/C19H21N3O4S2/c1-2-3-8-26-18(25)12-4-6-13(7-5-12)20-16(23)11-28-19-21-15-10-27-9-14(15)17(24)22-19/h4-7H,2-3,8-11H2,1H3,(H,20,23)(H,21,22,24). The van der Waals surface area contributed by atoms with E-state index in [2.05, 4.69) is 15.3 Å². The van der Waals surface area contributed by atoms with Crippen LogP contribution in [0.5, 0.6) is 0 Å². The molecule has 1 aromatic heterocycles. The third-order valence-electron chi connectivity index (χ3n) is 4.04. The summed E-state index contributed by atoms with van der Waals surface area (Å²) in [5, 5.41) is 3.21. The predicted octanol–water partition coefficient (Wildman–Crippen LogP) is 3.20. The van der Waals surface area contributed by atoms with E-state index in [0.29, 0.717) is 28.8 Å². The maximum Gasteiger partial charge on any atom is 0.338 e. The number of carbonyl (C=O) groups is 2. The van der Waals surface area contributed by atoms with Crippen molar-refractivity contribution in [2.75, 3.05) is 17.7 Å². The Labute approximate surface area is 171 Å². The molecule has 7 nitrogen and oxygen atoms in total. The number of hydrogen-bond acceptors (Lipinski definition) is 7. The summed E-state index contributed by atoms with van der Waals surface area (Å²) in [6.45, 7) is 2.43. The Morgan fingerprint density at radius 3 is 2.82 bits per heavy atom. The second kappa shape index (κ2) is 9.79. The van der Waals surface area contributed by atoms with Crippen LogP contribution in [-0.2, 0) is 21.0 Å². The molecule has 0 aliphatic carbocycles. The van der Waals surface area contributed by atoms with Gasteiger partial charge in [-0.05, 0) is 30.7 Å². The van der Waals surface area contributed by atoms with Crippen LogP contribution in [0.3, 0.4) is 0 Å². The fourth-order valence-electron chi connectivity index (χ4n) is 2.52. The zero-order valence-corrected chi connectivity index (χ0v) is 17.1. The van der Waals surface area contributed by atoms with Crippen molar-refractivity contribution in [2.45, 2.75) is 36.4 Å². The van der Waals surface area contributed by atoms with Gasteiger partial charge in [-0.15, -0.1) is 0 Å². The Morgan fingerprint density at radius 1 is 1.29 bits per heavy atom. The molecule has 0 spiro atoms. The average Bonchev–Trinajstić information content (AvgIpc) is 3.16. The summed E-state index contributed by atoms with van der Waals surface area (Å²) in [7, 11) is 0. The van der Waals surface area contributed by atoms with E-state index in [1.165, 1.54) is 11.8 Å². The molecule has 3 rings (SSSR count). The minimum atomic E-state index is -0.369. The molecule has 9 heteroatoms. The Hall–Kier alpha value is -2.26. The topological polar surface area (TPSA) is 101 Å². The number of aromatic amines is 1. The first kappa shape index (κ1) is 20.5. The fourth-order valence-corrected chi connectivity index (χ4v) is 4.24. The molecule has 0 atom stereocenters. The minimum absolute atomic E-state index is 0.121. The first-order valence-corrected chi connectivity index (χ1v) is 11.1. The number of ether oxygens (including phenoxy) is 1. The lowest BCUT2D eigenvalue weighted by atomic mass is 10.2. The number of nitrogens with one attached hydrogen (secondary N) is 2. The molecule has 0 fully saturated rings. The van der Waals surface area contributed by atoms with Gasteiger partial charge in [0.05, 0.1) is 23.6 Å². The number of carbonyl (C=O) groups excluding carboxylic acids is 2. The highest BCUT2D eigenvalue weighted by molar-refractivity contribution is 7.99. The average molecular weight is 420 g/mol. The third-order valence-corrected chi connectivity index (χ3v) is 5.88. The SMILES string of the molecule is CCCCOC(=O)c1ccc(NC(=O)CSc2nc3c(c(=O)[nH]2)CSC3)cc1. The maximum absolute atomic E-state index is 12.2. The van der Waals surface area contributed by atoms with Gasteiger partial charge in [-0.3, -0.25) is 9.59 Å². The van der Waals surface area contributed by atoms with Gasteiger partial charge in [-0.25, -0.2) is 9.78 Å². The molecular weight excluding hydrogens is 398 g/mol. The Balaban J connectivity index is 1.50. The number of aromatic nitrogens is 2. The van der Waals surface area contributed by atoms with E-state index in [1.807, 2.05) is 6.92 Å². The van der Waals surface area contributed by atoms with Crippen LogP contribution in [0.1, 0.15) is 41.4 Å². The number of anilines is 1. The van der Waals surface area contributed by atoms with Gasteiger partial charge in [0.25, 0.3) is 5.56 Å². The van der Waals surface area contributed by atoms with Crippen LogP contribution in [0.4, 0.5) is 5.69 Å². The van der Waals surface area contributed by atoms with Crippen LogP contribution >= 0.6 is 23.5 Å². The van der Waals surface area contributed by atoms with E-state index >= 15 is 0 Å². The van der Waals surface area contributed by atoms with Crippen molar-refractivity contribution in [3.05, 3.63) is 51.4 Å². The Kier molecular flexibility index (Phi) is 7.16. The first-order chi connectivity index (χ1) is 13.6. The molecule has 1 aromatic carbocycles. The molecule has 0 radical (unpaired) electrons. The highest BCUT2D eigenvalue weighted by Gasteiger charge is 2.18. The fraction of sp³-hybridized carbons (Fsp3) is 0.368. The lowest BCUT2D eigenvalue weighted by molar-refractivity contribution is -0.113. The van der Waals surface area contributed by atoms with E-state index in [-0.39, 0.29) is 23.2 Å². The largest absolute Gasteiger partial charge is 0.462 e. The molecular formula is C19H21N3O4S2. The van der Waals surface area contributed by atoms with Crippen LogP contribution in [-0.4, -0.2) is 34.2 Å². The van der Waals surface area contributed by atoms with Crippen LogP contribution in [0, 0.1) is 0 Å². The molecule has 0 unspecified atom stereocenters. The second-order valence-corrected chi connectivity index (χ2v) is 8.14. The van der Waals surface area contributed by atoms with E-state index in [4.69, 9.17) is 4.74 Å². The molecule has 0 saturated heterocycles. The van der Waals surface area contributed by atoms with Crippen molar-refractivity contribution < 1.29 is 14.3 Å². The predicted molar refractivity (Wildman–Crippen MR) is 111 cm³/mol. The summed E-state index contributed by atoms with van der Waals surface area (Å²) in [6.07, 6.45) is 1.80. The monoisotopic (exact) mass is 419 g/mol. The molecule has 1 aliphatic rings. The zero-order chi connectivity index (χ0) is 19.9. The molecule has 0 saturated carbocycles. The van der Waals surface area contributed by atoms with Gasteiger partial charge in [0.2, 0.25) is 5.91 Å². The lowest BCUT2D eigenvalue weighted by Gasteiger charge is -2.07. The number of H-pyrrole nitrogens is 1. The van der Waals surface area contributed by atoms with Gasteiger partial charge in [0.1, 0.15) is 0 Å². The number of benzene rings is 1. The van der Waals surface area contributed by atoms with E-state index in [0.717, 1.165) is 29.9 Å². The first-order valence-electron chi connectivity index (χ1n) is 8.96. The van der Waals surface area contributed by atoms with Crippen LogP contribution in [0.25, 0.3) is 0 Å². The molecule has 148 valence electrons. The summed E-state index contributed by atoms with van der Waals surface area (Å²) in [5.41, 5.74) is 2.44. The normalized spacial score (nSPS) is 12.5. The number of fused-ring (bicyclic) bond motifs is 1. The van der Waals surface area contributed by atoms with Crippen molar-refractivity contribution in [1.82, 2.24) is 9.97 Å². The van der Waals surface area contributed by atoms with Crippen molar-refractivity contribution in [3.63, 3.8) is 0 Å². The Morgan fingerprint density at radius 2 is 2.07 bits per heavy atom. The molecule has 2 N–H and O–H groups in total. The summed E-state index contributed by atoms with van der Waals surface area (Å²) in [5.74, 6) is 0.945. The van der Waals surface area contributed by atoms with Gasteiger partial charge in [0.15, 0.2) is 5.16 Å². The highest BCUT2D eigenvalue weighted by Crippen LogP contribution is 2.26. The molecule has 28 heavy (non-hydrogen) atoms. The highest BCUT2D eigenvalue weighted by atomic mass is 32.2. The van der Waals surface area contributed by atoms with Gasteiger partial charge in [-0.2, -0.15) is 11.8 Å². The van der Waals surface area contributed by atoms with Gasteiger partial charge >= 0.3 is 5.97 Å². The smallest absolute Gasteiger partial charge is 0.338 e. The molecule has 1 aliphatic heterocycles. The summed E-state index contributed by atoms with van der Waals surface area (Å²) < 4.78 is 5.15. The van der Waals surface area contributed by atoms with E-state index in [1.54, 1.807) is 36.0 Å². The van der Waals surface area contributed by atoms with Gasteiger partial charge < -0.3 is 15.0 Å². The van der Waals surface area contributed by atoms with Gasteiger partial charge in [0, 0.05) is 22.8 Å². The maximum atomic E-state index is 12.2.